The molecule has 0 radical (unpaired) electrons. The van der Waals surface area contributed by atoms with Gasteiger partial charge in [-0.15, -0.1) is 0 Å². The second-order valence-electron chi connectivity index (χ2n) is 4.91. The first-order valence-electron chi connectivity index (χ1n) is 6.34. The van der Waals surface area contributed by atoms with Crippen molar-refractivity contribution >= 4 is 34.7 Å². The van der Waals surface area contributed by atoms with Gasteiger partial charge in [0, 0.05) is 19.0 Å². The predicted octanol–water partition coefficient (Wildman–Crippen LogP) is 2.79. The van der Waals surface area contributed by atoms with Crippen molar-refractivity contribution in [3.8, 4) is 0 Å². The average molecular weight is 297 g/mol. The number of hydrogen-bond acceptors (Lipinski definition) is 2. The number of amides is 1. The first-order chi connectivity index (χ1) is 9.00. The molecule has 1 aromatic rings. The Hall–Kier alpha value is -1.13. The van der Waals surface area contributed by atoms with Crippen LogP contribution in [0.1, 0.15) is 28.8 Å². The summed E-state index contributed by atoms with van der Waals surface area (Å²) in [7, 11) is 0. The van der Waals surface area contributed by atoms with Gasteiger partial charge in [0.15, 0.2) is 0 Å². The zero-order chi connectivity index (χ0) is 14.0. The third-order valence-electron chi connectivity index (χ3n) is 3.61. The summed E-state index contributed by atoms with van der Waals surface area (Å²) in [5.74, 6) is 0.252. The molecule has 2 rings (SSSR count). The predicted molar refractivity (Wildman–Crippen MR) is 81.6 cm³/mol. The van der Waals surface area contributed by atoms with Crippen LogP contribution < -0.4 is 5.73 Å². The number of rotatable bonds is 2. The normalized spacial score (nSPS) is 16.4. The summed E-state index contributed by atoms with van der Waals surface area (Å²) in [6.45, 7) is 3.27. The molecule has 5 heteroatoms. The van der Waals surface area contributed by atoms with Gasteiger partial charge in [0.25, 0.3) is 5.91 Å². The highest BCUT2D eigenvalue weighted by Gasteiger charge is 2.26. The van der Waals surface area contributed by atoms with Crippen LogP contribution in [0.5, 0.6) is 0 Å². The third kappa shape index (κ3) is 3.07. The molecule has 102 valence electrons. The number of thiocarbonyl (C=S) groups is 1. The van der Waals surface area contributed by atoms with Gasteiger partial charge in [-0.25, -0.2) is 0 Å². The average Bonchev–Trinajstić information content (AvgIpc) is 2.41. The Morgan fingerprint density at radius 2 is 2.05 bits per heavy atom. The Balaban J connectivity index is 2.09. The van der Waals surface area contributed by atoms with Gasteiger partial charge in [0.2, 0.25) is 0 Å². The van der Waals surface area contributed by atoms with Crippen molar-refractivity contribution in [1.29, 1.82) is 0 Å². The van der Waals surface area contributed by atoms with E-state index in [2.05, 4.69) is 0 Å². The smallest absolute Gasteiger partial charge is 0.255 e. The van der Waals surface area contributed by atoms with Gasteiger partial charge < -0.3 is 10.6 Å². The van der Waals surface area contributed by atoms with Gasteiger partial charge in [-0.05, 0) is 31.4 Å². The van der Waals surface area contributed by atoms with Gasteiger partial charge >= 0.3 is 0 Å². The van der Waals surface area contributed by atoms with E-state index >= 15 is 0 Å². The van der Waals surface area contributed by atoms with Gasteiger partial charge in [-0.2, -0.15) is 0 Å². The molecule has 1 saturated heterocycles. The summed E-state index contributed by atoms with van der Waals surface area (Å²) in [5, 5.41) is 0.545. The topological polar surface area (TPSA) is 46.3 Å². The van der Waals surface area contributed by atoms with E-state index in [0.717, 1.165) is 18.4 Å². The molecule has 1 aliphatic heterocycles. The zero-order valence-corrected chi connectivity index (χ0v) is 12.4. The number of hydrogen-bond donors (Lipinski definition) is 1. The molecular formula is C14H17ClN2OS. The molecule has 19 heavy (non-hydrogen) atoms. The van der Waals surface area contributed by atoms with Crippen LogP contribution in [0.25, 0.3) is 0 Å². The van der Waals surface area contributed by atoms with Crippen molar-refractivity contribution in [3.05, 3.63) is 34.3 Å². The number of aryl methyl sites for hydroxylation is 1. The number of likely N-dealkylation sites (tertiary alicyclic amines) is 1. The fraction of sp³-hybridized carbons (Fsp3) is 0.429. The van der Waals surface area contributed by atoms with E-state index in [1.807, 2.05) is 24.0 Å². The summed E-state index contributed by atoms with van der Waals surface area (Å²) in [5.41, 5.74) is 7.15. The molecule has 1 fully saturated rings. The maximum absolute atomic E-state index is 12.4. The van der Waals surface area contributed by atoms with Crippen LogP contribution >= 0.6 is 23.8 Å². The molecule has 0 unspecified atom stereocenters. The van der Waals surface area contributed by atoms with E-state index in [1.165, 1.54) is 0 Å². The van der Waals surface area contributed by atoms with Crippen LogP contribution in [0.4, 0.5) is 0 Å². The van der Waals surface area contributed by atoms with Crippen LogP contribution in [0.2, 0.25) is 5.02 Å². The molecule has 0 spiro atoms. The fourth-order valence-electron chi connectivity index (χ4n) is 2.35. The molecule has 1 amide bonds. The number of benzene rings is 1. The monoisotopic (exact) mass is 296 g/mol. The number of nitrogens with zero attached hydrogens (tertiary/aromatic N) is 1. The maximum atomic E-state index is 12.4. The maximum Gasteiger partial charge on any atom is 0.255 e. The molecule has 2 N–H and O–H groups in total. The molecule has 0 aliphatic carbocycles. The van der Waals surface area contributed by atoms with E-state index < -0.39 is 0 Å². The lowest BCUT2D eigenvalue weighted by Crippen LogP contribution is -2.41. The Kier molecular flexibility index (Phi) is 4.42. The number of halogens is 1. The molecule has 0 atom stereocenters. The Labute approximate surface area is 123 Å². The number of nitrogens with two attached hydrogens (primary N) is 1. The molecule has 0 saturated carbocycles. The van der Waals surface area contributed by atoms with Crippen LogP contribution in [-0.2, 0) is 0 Å². The van der Waals surface area contributed by atoms with E-state index in [0.29, 0.717) is 28.7 Å². The summed E-state index contributed by atoms with van der Waals surface area (Å²) in [6, 6.07) is 5.53. The molecule has 1 aromatic carbocycles. The van der Waals surface area contributed by atoms with Crippen molar-refractivity contribution in [2.24, 2.45) is 11.7 Å². The lowest BCUT2D eigenvalue weighted by atomic mass is 9.96. The van der Waals surface area contributed by atoms with Gasteiger partial charge in [0.05, 0.1) is 15.6 Å². The van der Waals surface area contributed by atoms with Crippen LogP contribution in [0.3, 0.4) is 0 Å². The second-order valence-corrected chi connectivity index (χ2v) is 5.75. The highest BCUT2D eigenvalue weighted by atomic mass is 35.5. The molecule has 1 aliphatic rings. The van der Waals surface area contributed by atoms with Crippen LogP contribution in [-0.4, -0.2) is 28.9 Å². The highest BCUT2D eigenvalue weighted by molar-refractivity contribution is 7.80. The van der Waals surface area contributed by atoms with Crippen LogP contribution in [0.15, 0.2) is 18.2 Å². The number of carbonyl (C=O) groups is 1. The van der Waals surface area contributed by atoms with Crippen molar-refractivity contribution < 1.29 is 4.79 Å². The number of carbonyl (C=O) groups excluding carboxylic acids is 1. The van der Waals surface area contributed by atoms with Crippen molar-refractivity contribution in [2.45, 2.75) is 19.8 Å². The lowest BCUT2D eigenvalue weighted by Gasteiger charge is -2.31. The van der Waals surface area contributed by atoms with E-state index in [1.54, 1.807) is 6.07 Å². The minimum Gasteiger partial charge on any atom is -0.393 e. The van der Waals surface area contributed by atoms with E-state index in [-0.39, 0.29) is 11.8 Å². The molecule has 0 bridgehead atoms. The number of piperidine rings is 1. The molecule has 0 aromatic heterocycles. The second kappa shape index (κ2) is 5.88. The Morgan fingerprint density at radius 3 is 2.63 bits per heavy atom. The molecule has 3 nitrogen and oxygen atoms in total. The Morgan fingerprint density at radius 1 is 1.42 bits per heavy atom. The minimum atomic E-state index is -0.00455. The minimum absolute atomic E-state index is 0.00455. The van der Waals surface area contributed by atoms with Gasteiger partial charge in [-0.1, -0.05) is 36.0 Å². The van der Waals surface area contributed by atoms with E-state index in [9.17, 15) is 4.79 Å². The summed E-state index contributed by atoms with van der Waals surface area (Å²) in [4.78, 5) is 14.8. The lowest BCUT2D eigenvalue weighted by molar-refractivity contribution is 0.0710. The van der Waals surface area contributed by atoms with Crippen molar-refractivity contribution in [1.82, 2.24) is 4.90 Å². The van der Waals surface area contributed by atoms with Crippen LogP contribution in [0, 0.1) is 12.8 Å². The Bertz CT molecular complexity index is 510. The summed E-state index contributed by atoms with van der Waals surface area (Å²) >= 11 is 11.2. The van der Waals surface area contributed by atoms with Crippen molar-refractivity contribution in [2.75, 3.05) is 13.1 Å². The van der Waals surface area contributed by atoms with Gasteiger partial charge in [-0.3, -0.25) is 4.79 Å². The molecule has 1 heterocycles. The van der Waals surface area contributed by atoms with Gasteiger partial charge in [0.1, 0.15) is 0 Å². The molecular weight excluding hydrogens is 280 g/mol. The fourth-order valence-corrected chi connectivity index (χ4v) is 2.79. The highest BCUT2D eigenvalue weighted by Crippen LogP contribution is 2.24. The SMILES string of the molecule is Cc1cccc(C(=O)N2CCC(C(N)=S)CC2)c1Cl. The largest absolute Gasteiger partial charge is 0.393 e. The van der Waals surface area contributed by atoms with E-state index in [4.69, 9.17) is 29.6 Å². The first kappa shape index (κ1) is 14.3. The first-order valence-corrected chi connectivity index (χ1v) is 7.13. The third-order valence-corrected chi connectivity index (χ3v) is 4.44. The summed E-state index contributed by atoms with van der Waals surface area (Å²) in [6.07, 6.45) is 1.68. The zero-order valence-electron chi connectivity index (χ0n) is 10.9. The standard InChI is InChI=1S/C14H17ClN2OS/c1-9-3-2-4-11(12(9)15)14(18)17-7-5-10(6-8-17)13(16)19/h2-4,10H,5-8H2,1H3,(H2,16,19). The van der Waals surface area contributed by atoms with Crippen molar-refractivity contribution in [3.63, 3.8) is 0 Å². The quantitative estimate of drug-likeness (QED) is 0.854. The summed E-state index contributed by atoms with van der Waals surface area (Å²) < 4.78 is 0.